The molecule has 1 heterocycles. The monoisotopic (exact) mass is 317 g/mol. The zero-order valence-corrected chi connectivity index (χ0v) is 13.6. The summed E-state index contributed by atoms with van der Waals surface area (Å²) in [4.78, 5) is 25.6. The van der Waals surface area contributed by atoms with Gasteiger partial charge in [-0.05, 0) is 44.2 Å². The molecule has 1 saturated heterocycles. The van der Waals surface area contributed by atoms with Crippen LogP contribution in [-0.2, 0) is 4.79 Å². The van der Waals surface area contributed by atoms with Crippen LogP contribution in [0.2, 0.25) is 0 Å². The van der Waals surface area contributed by atoms with Gasteiger partial charge in [-0.3, -0.25) is 4.79 Å². The third-order valence-corrected chi connectivity index (χ3v) is 4.49. The normalized spacial score (nSPS) is 18.7. The number of ether oxygens (including phenoxy) is 1. The number of urea groups is 1. The first-order valence-electron chi connectivity index (χ1n) is 8.14. The predicted octanol–water partition coefficient (Wildman–Crippen LogP) is 2.74. The molecule has 124 valence electrons. The lowest BCUT2D eigenvalue weighted by atomic mass is 10.2. The molecule has 1 atom stereocenters. The van der Waals surface area contributed by atoms with Crippen molar-refractivity contribution in [2.24, 2.45) is 5.92 Å². The van der Waals surface area contributed by atoms with Crippen LogP contribution in [-0.4, -0.2) is 31.6 Å². The molecule has 3 amide bonds. The molecule has 1 aromatic carbocycles. The Labute approximate surface area is 136 Å². The van der Waals surface area contributed by atoms with Crippen LogP contribution < -0.4 is 20.3 Å². The van der Waals surface area contributed by atoms with Crippen molar-refractivity contribution in [1.82, 2.24) is 5.32 Å². The molecule has 2 N–H and O–H groups in total. The van der Waals surface area contributed by atoms with Gasteiger partial charge in [0.1, 0.15) is 5.75 Å². The first kappa shape index (κ1) is 15.6. The molecule has 0 radical (unpaired) electrons. The zero-order valence-electron chi connectivity index (χ0n) is 13.6. The van der Waals surface area contributed by atoms with Gasteiger partial charge in [0.05, 0.1) is 12.8 Å². The molecule has 0 bridgehead atoms. The summed E-state index contributed by atoms with van der Waals surface area (Å²) in [5, 5.41) is 5.77. The van der Waals surface area contributed by atoms with E-state index in [-0.39, 0.29) is 18.0 Å². The standard InChI is InChI=1S/C17H23N3O3/c1-11(12-5-6-12)18-17(22)19-13-7-8-14(15(10-13)23-2)20-9-3-4-16(20)21/h7-8,10-12H,3-6,9H2,1-2H3,(H2,18,19,22). The quantitative estimate of drug-likeness (QED) is 0.877. The molecule has 1 aromatic rings. The van der Waals surface area contributed by atoms with E-state index in [9.17, 15) is 9.59 Å². The number of amides is 3. The van der Waals surface area contributed by atoms with Crippen molar-refractivity contribution in [3.05, 3.63) is 18.2 Å². The Morgan fingerprint density at radius 1 is 1.39 bits per heavy atom. The molecular weight excluding hydrogens is 294 g/mol. The minimum absolute atomic E-state index is 0.111. The van der Waals surface area contributed by atoms with E-state index in [0.29, 0.717) is 30.3 Å². The Kier molecular flexibility index (Phi) is 4.41. The number of rotatable bonds is 5. The summed E-state index contributed by atoms with van der Waals surface area (Å²) < 4.78 is 5.39. The van der Waals surface area contributed by atoms with Crippen molar-refractivity contribution in [3.8, 4) is 5.75 Å². The minimum atomic E-state index is -0.212. The second-order valence-electron chi connectivity index (χ2n) is 6.26. The molecule has 1 unspecified atom stereocenters. The van der Waals surface area contributed by atoms with Gasteiger partial charge in [0.2, 0.25) is 5.91 Å². The number of hydrogen-bond acceptors (Lipinski definition) is 3. The largest absolute Gasteiger partial charge is 0.494 e. The SMILES string of the molecule is COc1cc(NC(=O)NC(C)C2CC2)ccc1N1CCCC1=O. The lowest BCUT2D eigenvalue weighted by Crippen LogP contribution is -2.37. The maximum absolute atomic E-state index is 12.0. The van der Waals surface area contributed by atoms with Crippen LogP contribution in [0.4, 0.5) is 16.2 Å². The molecule has 6 nitrogen and oxygen atoms in total. The maximum Gasteiger partial charge on any atom is 0.319 e. The lowest BCUT2D eigenvalue weighted by molar-refractivity contribution is -0.117. The van der Waals surface area contributed by atoms with Crippen LogP contribution in [0.1, 0.15) is 32.6 Å². The van der Waals surface area contributed by atoms with Gasteiger partial charge in [-0.15, -0.1) is 0 Å². The van der Waals surface area contributed by atoms with Gasteiger partial charge in [-0.2, -0.15) is 0 Å². The van der Waals surface area contributed by atoms with Crippen LogP contribution in [0.25, 0.3) is 0 Å². The molecule has 0 aromatic heterocycles. The topological polar surface area (TPSA) is 70.7 Å². The summed E-state index contributed by atoms with van der Waals surface area (Å²) in [5.74, 6) is 1.31. The van der Waals surface area contributed by atoms with Gasteiger partial charge in [0.25, 0.3) is 0 Å². The highest BCUT2D eigenvalue weighted by Gasteiger charge is 2.29. The van der Waals surface area contributed by atoms with Crippen LogP contribution >= 0.6 is 0 Å². The van der Waals surface area contributed by atoms with E-state index in [1.54, 1.807) is 24.1 Å². The Bertz CT molecular complexity index is 613. The summed E-state index contributed by atoms with van der Waals surface area (Å²) in [7, 11) is 1.57. The van der Waals surface area contributed by atoms with E-state index in [0.717, 1.165) is 12.1 Å². The van der Waals surface area contributed by atoms with Gasteiger partial charge >= 0.3 is 6.03 Å². The van der Waals surface area contributed by atoms with Crippen molar-refractivity contribution in [1.29, 1.82) is 0 Å². The first-order chi connectivity index (χ1) is 11.1. The highest BCUT2D eigenvalue weighted by molar-refractivity contribution is 5.97. The summed E-state index contributed by atoms with van der Waals surface area (Å²) in [6.07, 6.45) is 3.82. The van der Waals surface area contributed by atoms with Crippen LogP contribution in [0.5, 0.6) is 5.75 Å². The minimum Gasteiger partial charge on any atom is -0.494 e. The lowest BCUT2D eigenvalue weighted by Gasteiger charge is -2.20. The zero-order chi connectivity index (χ0) is 16.4. The smallest absolute Gasteiger partial charge is 0.319 e. The average Bonchev–Trinajstić information content (AvgIpc) is 3.30. The maximum atomic E-state index is 12.0. The van der Waals surface area contributed by atoms with Gasteiger partial charge in [0, 0.05) is 30.8 Å². The van der Waals surface area contributed by atoms with Crippen molar-refractivity contribution in [2.75, 3.05) is 23.9 Å². The van der Waals surface area contributed by atoms with E-state index in [1.165, 1.54) is 12.8 Å². The van der Waals surface area contributed by atoms with Crippen LogP contribution in [0.15, 0.2) is 18.2 Å². The molecule has 23 heavy (non-hydrogen) atoms. The van der Waals surface area contributed by atoms with Gasteiger partial charge in [0.15, 0.2) is 0 Å². The number of anilines is 2. The van der Waals surface area contributed by atoms with Crippen molar-refractivity contribution >= 4 is 23.3 Å². The van der Waals surface area contributed by atoms with Crippen molar-refractivity contribution in [3.63, 3.8) is 0 Å². The van der Waals surface area contributed by atoms with E-state index in [1.807, 2.05) is 13.0 Å². The Morgan fingerprint density at radius 3 is 2.78 bits per heavy atom. The van der Waals surface area contributed by atoms with E-state index < -0.39 is 0 Å². The number of hydrogen-bond donors (Lipinski definition) is 2. The molecule has 1 aliphatic heterocycles. The molecule has 1 aliphatic carbocycles. The van der Waals surface area contributed by atoms with E-state index in [2.05, 4.69) is 10.6 Å². The van der Waals surface area contributed by atoms with Gasteiger partial charge < -0.3 is 20.3 Å². The Morgan fingerprint density at radius 2 is 2.17 bits per heavy atom. The predicted molar refractivity (Wildman–Crippen MR) is 88.9 cm³/mol. The number of carbonyl (C=O) groups is 2. The van der Waals surface area contributed by atoms with Crippen molar-refractivity contribution < 1.29 is 14.3 Å². The summed E-state index contributed by atoms with van der Waals surface area (Å²) in [5.41, 5.74) is 1.41. The van der Waals surface area contributed by atoms with E-state index >= 15 is 0 Å². The van der Waals surface area contributed by atoms with Crippen LogP contribution in [0, 0.1) is 5.92 Å². The summed E-state index contributed by atoms with van der Waals surface area (Å²) in [6, 6.07) is 5.35. The molecule has 6 heteroatoms. The fourth-order valence-electron chi connectivity index (χ4n) is 2.97. The average molecular weight is 317 g/mol. The first-order valence-corrected chi connectivity index (χ1v) is 8.14. The summed E-state index contributed by atoms with van der Waals surface area (Å²) in [6.45, 7) is 2.74. The fourth-order valence-corrected chi connectivity index (χ4v) is 2.97. The summed E-state index contributed by atoms with van der Waals surface area (Å²) >= 11 is 0. The molecule has 1 saturated carbocycles. The van der Waals surface area contributed by atoms with Crippen molar-refractivity contribution in [2.45, 2.75) is 38.6 Å². The van der Waals surface area contributed by atoms with E-state index in [4.69, 9.17) is 4.74 Å². The number of nitrogens with one attached hydrogen (secondary N) is 2. The number of benzene rings is 1. The number of nitrogens with zero attached hydrogens (tertiary/aromatic N) is 1. The highest BCUT2D eigenvalue weighted by atomic mass is 16.5. The fraction of sp³-hybridized carbons (Fsp3) is 0.529. The van der Waals surface area contributed by atoms with Crippen LogP contribution in [0.3, 0.4) is 0 Å². The molecule has 3 rings (SSSR count). The van der Waals surface area contributed by atoms with Gasteiger partial charge in [-0.25, -0.2) is 4.79 Å². The van der Waals surface area contributed by atoms with Gasteiger partial charge in [-0.1, -0.05) is 0 Å². The molecule has 0 spiro atoms. The molecule has 2 fully saturated rings. The highest BCUT2D eigenvalue weighted by Crippen LogP contribution is 2.34. The third kappa shape index (κ3) is 3.57. The molecule has 2 aliphatic rings. The number of methoxy groups -OCH3 is 1. The second kappa shape index (κ2) is 6.48. The third-order valence-electron chi connectivity index (χ3n) is 4.49. The Balaban J connectivity index is 1.68. The second-order valence-corrected chi connectivity index (χ2v) is 6.26. The molecular formula is C17H23N3O3. The number of carbonyl (C=O) groups excluding carboxylic acids is 2. The Hall–Kier alpha value is -2.24.